The molecule has 0 aromatic heterocycles. The van der Waals surface area contributed by atoms with E-state index in [9.17, 15) is 22.4 Å². The van der Waals surface area contributed by atoms with E-state index in [0.29, 0.717) is 9.99 Å². The van der Waals surface area contributed by atoms with Gasteiger partial charge in [0.1, 0.15) is 23.4 Å². The van der Waals surface area contributed by atoms with Gasteiger partial charge in [0, 0.05) is 5.69 Å². The SMILES string of the molecule is O=C(CN1C(=O)c2ccccc2S1(=O)=O)N[C@@H](Nc1ccc(F)cc1)C(Cl)(Cl)Cl. The fourth-order valence-corrected chi connectivity index (χ4v) is 4.49. The topological polar surface area (TPSA) is 95.6 Å². The number of hydrogen-bond donors (Lipinski definition) is 2. The van der Waals surface area contributed by atoms with Crippen LogP contribution in [0.2, 0.25) is 0 Å². The zero-order chi connectivity index (χ0) is 21.4. The Morgan fingerprint density at radius 3 is 2.31 bits per heavy atom. The summed E-state index contributed by atoms with van der Waals surface area (Å²) in [4.78, 5) is 24.6. The average molecular weight is 481 g/mol. The molecule has 1 aliphatic rings. The molecule has 0 unspecified atom stereocenters. The summed E-state index contributed by atoms with van der Waals surface area (Å²) in [6.07, 6.45) is -1.30. The minimum atomic E-state index is -4.16. The fourth-order valence-electron chi connectivity index (χ4n) is 2.64. The minimum absolute atomic E-state index is 0.0253. The van der Waals surface area contributed by atoms with Crippen molar-refractivity contribution in [2.45, 2.75) is 14.9 Å². The summed E-state index contributed by atoms with van der Waals surface area (Å²) >= 11 is 17.6. The number of fused-ring (bicyclic) bond motifs is 1. The molecule has 0 spiro atoms. The van der Waals surface area contributed by atoms with Crippen molar-refractivity contribution in [1.29, 1.82) is 0 Å². The van der Waals surface area contributed by atoms with Gasteiger partial charge in [0.15, 0.2) is 0 Å². The lowest BCUT2D eigenvalue weighted by Crippen LogP contribution is -2.52. The molecule has 0 bridgehead atoms. The van der Waals surface area contributed by atoms with Gasteiger partial charge in [0.05, 0.1) is 5.56 Å². The van der Waals surface area contributed by atoms with E-state index >= 15 is 0 Å². The molecule has 0 fully saturated rings. The first-order chi connectivity index (χ1) is 13.5. The van der Waals surface area contributed by atoms with Crippen LogP contribution in [0.5, 0.6) is 0 Å². The highest BCUT2D eigenvalue weighted by atomic mass is 35.6. The first kappa shape index (κ1) is 21.6. The molecule has 1 atom stereocenters. The van der Waals surface area contributed by atoms with Crippen molar-refractivity contribution in [2.24, 2.45) is 0 Å². The van der Waals surface area contributed by atoms with Gasteiger partial charge in [0.25, 0.3) is 15.9 Å². The summed E-state index contributed by atoms with van der Waals surface area (Å²) in [5.74, 6) is -2.20. The number of anilines is 1. The van der Waals surface area contributed by atoms with Gasteiger partial charge in [-0.2, -0.15) is 0 Å². The number of nitrogens with one attached hydrogen (secondary N) is 2. The molecule has 154 valence electrons. The molecule has 29 heavy (non-hydrogen) atoms. The molecule has 0 saturated carbocycles. The summed E-state index contributed by atoms with van der Waals surface area (Å²) in [7, 11) is -4.16. The van der Waals surface area contributed by atoms with Crippen LogP contribution in [0.4, 0.5) is 10.1 Å². The smallest absolute Gasteiger partial charge is 0.269 e. The van der Waals surface area contributed by atoms with Gasteiger partial charge in [-0.15, -0.1) is 0 Å². The maximum Gasteiger partial charge on any atom is 0.269 e. The van der Waals surface area contributed by atoms with Crippen LogP contribution in [-0.4, -0.2) is 41.0 Å². The van der Waals surface area contributed by atoms with E-state index in [4.69, 9.17) is 34.8 Å². The van der Waals surface area contributed by atoms with E-state index in [0.717, 1.165) is 12.1 Å². The van der Waals surface area contributed by atoms with Gasteiger partial charge in [-0.1, -0.05) is 46.9 Å². The van der Waals surface area contributed by atoms with Crippen molar-refractivity contribution >= 4 is 62.3 Å². The minimum Gasteiger partial charge on any atom is -0.362 e. The Labute approximate surface area is 180 Å². The van der Waals surface area contributed by atoms with Crippen molar-refractivity contribution in [1.82, 2.24) is 9.62 Å². The number of rotatable bonds is 5. The van der Waals surface area contributed by atoms with Gasteiger partial charge < -0.3 is 10.6 Å². The average Bonchev–Trinajstić information content (AvgIpc) is 2.83. The second-order valence-corrected chi connectivity index (χ2v) is 10.2. The Morgan fingerprint density at radius 1 is 1.10 bits per heavy atom. The highest BCUT2D eigenvalue weighted by Gasteiger charge is 2.42. The van der Waals surface area contributed by atoms with Crippen molar-refractivity contribution in [3.8, 4) is 0 Å². The lowest BCUT2D eigenvalue weighted by molar-refractivity contribution is -0.121. The lowest BCUT2D eigenvalue weighted by Gasteiger charge is -2.28. The predicted molar refractivity (Wildman–Crippen MR) is 107 cm³/mol. The van der Waals surface area contributed by atoms with E-state index in [-0.39, 0.29) is 10.5 Å². The van der Waals surface area contributed by atoms with E-state index in [2.05, 4.69) is 10.6 Å². The third kappa shape index (κ3) is 4.58. The molecule has 0 radical (unpaired) electrons. The second-order valence-electron chi connectivity index (χ2n) is 6.01. The zero-order valence-electron chi connectivity index (χ0n) is 14.4. The monoisotopic (exact) mass is 479 g/mol. The van der Waals surface area contributed by atoms with Crippen molar-refractivity contribution < 1.29 is 22.4 Å². The third-order valence-electron chi connectivity index (χ3n) is 3.99. The summed E-state index contributed by atoms with van der Waals surface area (Å²) < 4.78 is 36.5. The Bertz CT molecular complexity index is 1060. The van der Waals surface area contributed by atoms with Gasteiger partial charge in [-0.05, 0) is 36.4 Å². The number of hydrogen-bond acceptors (Lipinski definition) is 5. The van der Waals surface area contributed by atoms with Crippen LogP contribution < -0.4 is 10.6 Å². The fraction of sp³-hybridized carbons (Fsp3) is 0.176. The molecule has 2 aromatic rings. The number of nitrogens with zero attached hydrogens (tertiary/aromatic N) is 1. The summed E-state index contributed by atoms with van der Waals surface area (Å²) in [5, 5.41) is 5.04. The van der Waals surface area contributed by atoms with E-state index in [1.165, 1.54) is 36.4 Å². The molecule has 7 nitrogen and oxygen atoms in total. The number of amides is 2. The third-order valence-corrected chi connectivity index (χ3v) is 6.43. The Morgan fingerprint density at radius 2 is 1.72 bits per heavy atom. The summed E-state index contributed by atoms with van der Waals surface area (Å²) in [6, 6.07) is 10.7. The van der Waals surface area contributed by atoms with Crippen molar-refractivity contribution in [2.75, 3.05) is 11.9 Å². The van der Waals surface area contributed by atoms with Crippen molar-refractivity contribution in [3.63, 3.8) is 0 Å². The lowest BCUT2D eigenvalue weighted by atomic mass is 10.2. The maximum absolute atomic E-state index is 13.0. The van der Waals surface area contributed by atoms with Crippen LogP contribution in [0.15, 0.2) is 53.4 Å². The summed E-state index contributed by atoms with van der Waals surface area (Å²) in [6.45, 7) is -0.807. The molecule has 2 N–H and O–H groups in total. The number of carbonyl (C=O) groups excluding carboxylic acids is 2. The molecule has 1 aliphatic heterocycles. The van der Waals surface area contributed by atoms with Crippen LogP contribution in [0.3, 0.4) is 0 Å². The molecule has 2 amide bonds. The molecule has 0 aliphatic carbocycles. The Balaban J connectivity index is 1.76. The quantitative estimate of drug-likeness (QED) is 0.507. The van der Waals surface area contributed by atoms with Gasteiger partial charge >= 0.3 is 0 Å². The number of alkyl halides is 3. The largest absolute Gasteiger partial charge is 0.362 e. The molecule has 0 saturated heterocycles. The summed E-state index contributed by atoms with van der Waals surface area (Å²) in [5.41, 5.74) is 0.308. The maximum atomic E-state index is 13.0. The van der Waals surface area contributed by atoms with Gasteiger partial charge in [-0.3, -0.25) is 9.59 Å². The van der Waals surface area contributed by atoms with Crippen LogP contribution in [0.25, 0.3) is 0 Å². The molecule has 1 heterocycles. The van der Waals surface area contributed by atoms with Crippen LogP contribution >= 0.6 is 34.8 Å². The van der Waals surface area contributed by atoms with E-state index < -0.39 is 44.2 Å². The number of carbonyl (C=O) groups is 2. The molecular formula is C17H13Cl3FN3O4S. The predicted octanol–water partition coefficient (Wildman–Crippen LogP) is 2.89. The van der Waals surface area contributed by atoms with Crippen molar-refractivity contribution in [3.05, 3.63) is 59.9 Å². The molecule has 2 aromatic carbocycles. The Kier molecular flexibility index (Phi) is 5.96. The van der Waals surface area contributed by atoms with E-state index in [1.54, 1.807) is 0 Å². The van der Waals surface area contributed by atoms with Crippen LogP contribution in [-0.2, 0) is 14.8 Å². The van der Waals surface area contributed by atoms with Crippen LogP contribution in [0, 0.1) is 5.82 Å². The second kappa shape index (κ2) is 7.98. The Hall–Kier alpha value is -2.07. The standard InChI is InChI=1S/C17H13Cl3FN3O4S/c18-17(19,20)16(22-11-7-5-10(21)6-8-11)23-14(25)9-24-15(26)12-3-1-2-4-13(12)29(24,27)28/h1-8,16,22H,9H2,(H,23,25)/t16-/m1/s1. The van der Waals surface area contributed by atoms with Gasteiger partial charge in [-0.25, -0.2) is 17.1 Å². The first-order valence-corrected chi connectivity index (χ1v) is 10.6. The van der Waals surface area contributed by atoms with Gasteiger partial charge in [0.2, 0.25) is 9.70 Å². The van der Waals surface area contributed by atoms with E-state index in [1.807, 2.05) is 0 Å². The molecule has 12 heteroatoms. The highest BCUT2D eigenvalue weighted by molar-refractivity contribution is 7.90. The molecule has 3 rings (SSSR count). The number of halogens is 4. The van der Waals surface area contributed by atoms with Crippen LogP contribution in [0.1, 0.15) is 10.4 Å². The molecular weight excluding hydrogens is 468 g/mol. The highest BCUT2D eigenvalue weighted by Crippen LogP contribution is 2.32. The first-order valence-electron chi connectivity index (χ1n) is 8.04. The zero-order valence-corrected chi connectivity index (χ0v) is 17.5. The number of sulfonamides is 1. The normalized spacial score (nSPS) is 16.3. The number of benzene rings is 2.